The molecule has 0 amide bonds. The van der Waals surface area contributed by atoms with Crippen molar-refractivity contribution in [3.05, 3.63) is 248 Å². The van der Waals surface area contributed by atoms with Gasteiger partial charge >= 0.3 is 34.1 Å². The van der Waals surface area contributed by atoms with E-state index in [1.54, 1.807) is 61.2 Å². The second-order valence-electron chi connectivity index (χ2n) is 24.1. The third kappa shape index (κ3) is 25.3. The Balaban J connectivity index is 0.000000539. The van der Waals surface area contributed by atoms with E-state index in [2.05, 4.69) is 153 Å². The minimum absolute atomic E-state index is 0. The molecule has 2 radical (unpaired) electrons. The average molecular weight is 1200 g/mol. The number of aryl methyl sites for hydroxylation is 6. The molecule has 10 heteroatoms. The Bertz CT molecular complexity index is 2920. The van der Waals surface area contributed by atoms with Gasteiger partial charge < -0.3 is 20.4 Å². The van der Waals surface area contributed by atoms with Crippen molar-refractivity contribution in [1.82, 2.24) is 9.97 Å². The summed E-state index contributed by atoms with van der Waals surface area (Å²) in [5.41, 5.74) is 15.1. The van der Waals surface area contributed by atoms with Crippen LogP contribution in [0, 0.1) is 41.5 Å². The number of para-hydroxylation sites is 2. The molecule has 0 aliphatic heterocycles. The summed E-state index contributed by atoms with van der Waals surface area (Å²) in [6.45, 7) is 37.5. The number of pyridine rings is 2. The molecule has 0 aliphatic carbocycles. The Kier molecular flexibility index (Phi) is 31.2. The van der Waals surface area contributed by atoms with Crippen LogP contribution in [0.25, 0.3) is 0 Å². The molecule has 0 atom stereocenters. The van der Waals surface area contributed by atoms with Crippen LogP contribution in [0.15, 0.2) is 180 Å². The Labute approximate surface area is 514 Å². The van der Waals surface area contributed by atoms with Gasteiger partial charge in [-0.05, 0) is 143 Å². The molecule has 0 saturated carbocycles. The largest absolute Gasteiger partial charge is 2.00 e. The van der Waals surface area contributed by atoms with E-state index in [0.717, 1.165) is 44.8 Å². The maximum absolute atomic E-state index is 13.0. The topological polar surface area (TPSA) is 143 Å². The predicted molar refractivity (Wildman–Crippen MR) is 331 cm³/mol. The minimum Gasteiger partial charge on any atom is -0.872 e. The van der Waals surface area contributed by atoms with Crippen LogP contribution in [0.3, 0.4) is 0 Å². The molecule has 0 fully saturated rings. The molecule has 8 nitrogen and oxygen atoms in total. The third-order valence-electron chi connectivity index (χ3n) is 12.8. The van der Waals surface area contributed by atoms with Gasteiger partial charge in [0.25, 0.3) is 0 Å². The quantitative estimate of drug-likeness (QED) is 0.120. The van der Waals surface area contributed by atoms with Gasteiger partial charge in [0.1, 0.15) is 0 Å². The standard InChI is InChI=1S/2C23H31NO.2C7H8.2C6H6NO.2Cu/c2*1-15-10-9-11-16(2)20(15)24-14-17-12-18(22(3,4)5)13-19(21(17)25)23(6,7)8;2*1-7-5-3-2-4-6-7;2*8-5-6-3-1-2-4-7-6;;/h2*9-14,25H,1-8H3;2*2-6H,1H3;2*1-4H,5H2;;/q;;;;2*-1;2*+2/p-2. The summed E-state index contributed by atoms with van der Waals surface area (Å²) < 4.78 is 0. The molecule has 2 heterocycles. The van der Waals surface area contributed by atoms with Gasteiger partial charge in [-0.15, -0.1) is 0 Å². The van der Waals surface area contributed by atoms with Gasteiger partial charge in [-0.1, -0.05) is 252 Å². The summed E-state index contributed by atoms with van der Waals surface area (Å²) in [6, 6.07) is 51.5. The van der Waals surface area contributed by atoms with Gasteiger partial charge in [-0.3, -0.25) is 20.0 Å². The molecular formula is C72H88Cu2N4O4. The summed E-state index contributed by atoms with van der Waals surface area (Å²) in [5, 5.41) is 46.1. The van der Waals surface area contributed by atoms with Crippen LogP contribution in [0.2, 0.25) is 0 Å². The van der Waals surface area contributed by atoms with E-state index < -0.39 is 0 Å². The molecule has 6 aromatic carbocycles. The number of benzene rings is 6. The minimum atomic E-state index is -0.221. The van der Waals surface area contributed by atoms with Crippen molar-refractivity contribution >= 4 is 23.8 Å². The Morgan fingerprint density at radius 3 is 0.878 bits per heavy atom. The van der Waals surface area contributed by atoms with Crippen LogP contribution in [0.5, 0.6) is 11.5 Å². The number of nitrogens with zero attached hydrogens (tertiary/aromatic N) is 4. The smallest absolute Gasteiger partial charge is 0.872 e. The zero-order valence-electron chi connectivity index (χ0n) is 51.8. The fraction of sp³-hybridized carbons (Fsp3) is 0.333. The van der Waals surface area contributed by atoms with Crippen molar-refractivity contribution in [1.29, 1.82) is 0 Å². The predicted octanol–water partition coefficient (Wildman–Crippen LogP) is 15.3. The van der Waals surface area contributed by atoms with Gasteiger partial charge in [-0.2, -0.15) is 0 Å². The number of hydrogen-bond donors (Lipinski definition) is 0. The van der Waals surface area contributed by atoms with Crippen molar-refractivity contribution < 1.29 is 54.6 Å². The van der Waals surface area contributed by atoms with E-state index in [0.29, 0.717) is 22.5 Å². The molecule has 82 heavy (non-hydrogen) atoms. The second-order valence-corrected chi connectivity index (χ2v) is 24.1. The first-order valence-corrected chi connectivity index (χ1v) is 27.4. The first-order valence-electron chi connectivity index (χ1n) is 27.4. The monoisotopic (exact) mass is 1200 g/mol. The Morgan fingerprint density at radius 2 is 0.671 bits per heavy atom. The van der Waals surface area contributed by atoms with Crippen LogP contribution in [0.4, 0.5) is 11.4 Å². The molecule has 0 saturated heterocycles. The molecule has 8 aromatic rings. The summed E-state index contributed by atoms with van der Waals surface area (Å²) in [5.74, 6) is 0.158. The van der Waals surface area contributed by atoms with Gasteiger partial charge in [0.05, 0.1) is 11.4 Å². The number of rotatable bonds is 6. The Morgan fingerprint density at radius 1 is 0.378 bits per heavy atom. The molecule has 0 aliphatic rings. The van der Waals surface area contributed by atoms with Crippen LogP contribution >= 0.6 is 0 Å². The summed E-state index contributed by atoms with van der Waals surface area (Å²) in [7, 11) is 0. The zero-order chi connectivity index (χ0) is 59.8. The summed E-state index contributed by atoms with van der Waals surface area (Å²) >= 11 is 0. The van der Waals surface area contributed by atoms with Crippen molar-refractivity contribution in [2.75, 3.05) is 0 Å². The fourth-order valence-corrected chi connectivity index (χ4v) is 7.80. The van der Waals surface area contributed by atoms with Crippen LogP contribution in [-0.2, 0) is 69.0 Å². The molecule has 442 valence electrons. The number of aromatic nitrogens is 2. The normalized spacial score (nSPS) is 11.1. The molecule has 0 unspecified atom stereocenters. The molecule has 2 aromatic heterocycles. The van der Waals surface area contributed by atoms with E-state index in [1.807, 2.05) is 113 Å². The van der Waals surface area contributed by atoms with Crippen molar-refractivity contribution in [2.24, 2.45) is 9.98 Å². The van der Waals surface area contributed by atoms with Crippen molar-refractivity contribution in [3.8, 4) is 11.5 Å². The number of aliphatic imine (C=N–C) groups is 2. The van der Waals surface area contributed by atoms with Crippen molar-refractivity contribution in [2.45, 2.75) is 160 Å². The first-order chi connectivity index (χ1) is 37.5. The summed E-state index contributed by atoms with van der Waals surface area (Å²) in [6.07, 6.45) is 6.71. The molecular weight excluding hydrogens is 1110 g/mol. The maximum Gasteiger partial charge on any atom is 2.00 e. The van der Waals surface area contributed by atoms with Gasteiger partial charge in [0.15, 0.2) is 0 Å². The fourth-order valence-electron chi connectivity index (χ4n) is 7.80. The van der Waals surface area contributed by atoms with E-state index in [4.69, 9.17) is 0 Å². The molecule has 0 N–H and O–H groups in total. The maximum atomic E-state index is 13.0. The van der Waals surface area contributed by atoms with Crippen LogP contribution < -0.4 is 20.4 Å². The zero-order valence-corrected chi connectivity index (χ0v) is 53.6. The van der Waals surface area contributed by atoms with E-state index in [1.165, 1.54) is 22.3 Å². The van der Waals surface area contributed by atoms with Gasteiger partial charge in [0, 0.05) is 36.2 Å². The van der Waals surface area contributed by atoms with E-state index >= 15 is 0 Å². The third-order valence-corrected chi connectivity index (χ3v) is 12.8. The van der Waals surface area contributed by atoms with E-state index in [-0.39, 0.29) is 80.5 Å². The van der Waals surface area contributed by atoms with E-state index in [9.17, 15) is 20.4 Å². The van der Waals surface area contributed by atoms with Crippen LogP contribution in [0.1, 0.15) is 161 Å². The van der Waals surface area contributed by atoms with Gasteiger partial charge in [0.2, 0.25) is 0 Å². The average Bonchev–Trinajstić information content (AvgIpc) is 3.54. The van der Waals surface area contributed by atoms with Crippen molar-refractivity contribution in [3.63, 3.8) is 0 Å². The Hall–Kier alpha value is -6.48. The molecule has 8 rings (SSSR count). The molecule has 0 spiro atoms. The van der Waals surface area contributed by atoms with Crippen LogP contribution in [-0.4, -0.2) is 22.4 Å². The number of hydrogen-bond acceptors (Lipinski definition) is 8. The second kappa shape index (κ2) is 34.8. The SMILES string of the molecule is Cc1cccc(C)c1N=Cc1cc(C(C)(C)C)cc(C(C)(C)C)c1[O-].Cc1cccc(C)c1N=Cc1cc(C(C)(C)C)cc(C(C)(C)C)c1[O-].Cc1ccccc1.Cc1ccccc1.[Cu+2].[Cu+2].[O-]Cc1ccccn1.[O-]Cc1ccccn1. The molecule has 0 bridgehead atoms. The first kappa shape index (κ1) is 73.5. The van der Waals surface area contributed by atoms with Gasteiger partial charge in [-0.25, -0.2) is 0 Å². The summed E-state index contributed by atoms with van der Waals surface area (Å²) in [4.78, 5) is 16.9.